The third kappa shape index (κ3) is 4.88. The zero-order chi connectivity index (χ0) is 17.6. The molecule has 3 rings (SSSR count). The molecule has 0 saturated carbocycles. The minimum absolute atomic E-state index is 0. The standard InChI is InChI=1S/C21H23ClN2O.ClH/c1-2-24(15-18-6-3-4-9-20(18)22)21(25)11-10-16-7-5-8-17-14-23-13-12-19(16)17;/h3-11,23H,2,12-15H2,1H3;1H/b11-10+;. The van der Waals surface area contributed by atoms with E-state index in [4.69, 9.17) is 11.6 Å². The minimum Gasteiger partial charge on any atom is -0.335 e. The van der Waals surface area contributed by atoms with Gasteiger partial charge in [-0.25, -0.2) is 0 Å². The fraction of sp³-hybridized carbons (Fsp3) is 0.286. The van der Waals surface area contributed by atoms with Crippen molar-refractivity contribution in [3.05, 3.63) is 75.8 Å². The molecule has 0 spiro atoms. The van der Waals surface area contributed by atoms with Crippen LogP contribution >= 0.6 is 24.0 Å². The largest absolute Gasteiger partial charge is 0.335 e. The van der Waals surface area contributed by atoms with E-state index in [-0.39, 0.29) is 18.3 Å². The molecule has 0 radical (unpaired) electrons. The monoisotopic (exact) mass is 390 g/mol. The number of hydrogen-bond acceptors (Lipinski definition) is 2. The van der Waals surface area contributed by atoms with Gasteiger partial charge in [0.15, 0.2) is 0 Å². The summed E-state index contributed by atoms with van der Waals surface area (Å²) in [7, 11) is 0. The summed E-state index contributed by atoms with van der Waals surface area (Å²) < 4.78 is 0. The number of halogens is 2. The van der Waals surface area contributed by atoms with Crippen LogP contribution in [0.1, 0.15) is 29.2 Å². The Bertz CT molecular complexity index is 789. The Morgan fingerprint density at radius 1 is 1.23 bits per heavy atom. The molecule has 0 unspecified atom stereocenters. The highest BCUT2D eigenvalue weighted by Crippen LogP contribution is 2.20. The Morgan fingerprint density at radius 3 is 2.81 bits per heavy atom. The second-order valence-electron chi connectivity index (χ2n) is 6.19. The van der Waals surface area contributed by atoms with Crippen molar-refractivity contribution in [1.29, 1.82) is 0 Å². The number of rotatable bonds is 5. The van der Waals surface area contributed by atoms with Gasteiger partial charge in [0.1, 0.15) is 0 Å². The maximum absolute atomic E-state index is 12.6. The van der Waals surface area contributed by atoms with Crippen LogP contribution in [0.25, 0.3) is 6.08 Å². The molecule has 2 aromatic rings. The van der Waals surface area contributed by atoms with Gasteiger partial charge in [0.2, 0.25) is 5.91 Å². The van der Waals surface area contributed by atoms with Crippen molar-refractivity contribution < 1.29 is 4.79 Å². The highest BCUT2D eigenvalue weighted by atomic mass is 35.5. The maximum Gasteiger partial charge on any atom is 0.246 e. The average Bonchev–Trinajstić information content (AvgIpc) is 2.65. The second kappa shape index (κ2) is 9.77. The quantitative estimate of drug-likeness (QED) is 0.763. The van der Waals surface area contributed by atoms with Crippen LogP contribution in [0.3, 0.4) is 0 Å². The topological polar surface area (TPSA) is 32.3 Å². The lowest BCUT2D eigenvalue weighted by Gasteiger charge is -2.21. The molecule has 0 atom stereocenters. The van der Waals surface area contributed by atoms with Crippen LogP contribution in [-0.4, -0.2) is 23.9 Å². The van der Waals surface area contributed by atoms with E-state index in [0.717, 1.165) is 30.6 Å². The van der Waals surface area contributed by atoms with Crippen molar-refractivity contribution in [2.75, 3.05) is 13.1 Å². The van der Waals surface area contributed by atoms with Crippen molar-refractivity contribution in [3.8, 4) is 0 Å². The number of nitrogens with one attached hydrogen (secondary N) is 1. The first kappa shape index (κ1) is 20.5. The molecule has 0 aromatic heterocycles. The van der Waals surface area contributed by atoms with Crippen LogP contribution in [0.15, 0.2) is 48.5 Å². The Morgan fingerprint density at radius 2 is 2.04 bits per heavy atom. The maximum atomic E-state index is 12.6. The van der Waals surface area contributed by atoms with Crippen LogP contribution in [0.2, 0.25) is 5.02 Å². The molecule has 138 valence electrons. The van der Waals surface area contributed by atoms with Crippen LogP contribution in [-0.2, 0) is 24.3 Å². The molecule has 0 fully saturated rings. The van der Waals surface area contributed by atoms with E-state index in [2.05, 4.69) is 23.5 Å². The number of carbonyl (C=O) groups is 1. The molecule has 0 saturated heterocycles. The summed E-state index contributed by atoms with van der Waals surface area (Å²) in [5.74, 6) is 0.00829. The molecule has 2 aromatic carbocycles. The first-order chi connectivity index (χ1) is 12.2. The summed E-state index contributed by atoms with van der Waals surface area (Å²) in [6.45, 7) is 5.04. The first-order valence-electron chi connectivity index (χ1n) is 8.71. The van der Waals surface area contributed by atoms with Crippen molar-refractivity contribution >= 4 is 36.0 Å². The van der Waals surface area contributed by atoms with E-state index in [9.17, 15) is 4.79 Å². The molecular weight excluding hydrogens is 367 g/mol. The molecule has 1 heterocycles. The smallest absolute Gasteiger partial charge is 0.246 e. The van der Waals surface area contributed by atoms with Gasteiger partial charge in [-0.1, -0.05) is 48.0 Å². The number of carbonyl (C=O) groups excluding carboxylic acids is 1. The van der Waals surface area contributed by atoms with E-state index in [1.807, 2.05) is 37.3 Å². The first-order valence-corrected chi connectivity index (χ1v) is 9.08. The predicted molar refractivity (Wildman–Crippen MR) is 111 cm³/mol. The Labute approximate surface area is 166 Å². The molecule has 0 aliphatic carbocycles. The predicted octanol–water partition coefficient (Wildman–Crippen LogP) is 4.47. The van der Waals surface area contributed by atoms with Gasteiger partial charge in [0.25, 0.3) is 0 Å². The van der Waals surface area contributed by atoms with Gasteiger partial charge >= 0.3 is 0 Å². The van der Waals surface area contributed by atoms with Crippen molar-refractivity contribution in [2.45, 2.75) is 26.4 Å². The lowest BCUT2D eigenvalue weighted by molar-refractivity contribution is -0.126. The molecular formula is C21H24Cl2N2O. The van der Waals surface area contributed by atoms with Crippen LogP contribution < -0.4 is 5.32 Å². The van der Waals surface area contributed by atoms with Crippen LogP contribution in [0.4, 0.5) is 0 Å². The molecule has 26 heavy (non-hydrogen) atoms. The van der Waals surface area contributed by atoms with E-state index in [0.29, 0.717) is 18.1 Å². The van der Waals surface area contributed by atoms with Crippen molar-refractivity contribution in [3.63, 3.8) is 0 Å². The summed E-state index contributed by atoms with van der Waals surface area (Å²) in [6, 6.07) is 13.9. The number of likely N-dealkylation sites (N-methyl/N-ethyl adjacent to an activating group) is 1. The number of hydrogen-bond donors (Lipinski definition) is 1. The fourth-order valence-electron chi connectivity index (χ4n) is 3.16. The summed E-state index contributed by atoms with van der Waals surface area (Å²) in [5.41, 5.74) is 4.78. The third-order valence-corrected chi connectivity index (χ3v) is 4.96. The number of nitrogens with zero attached hydrogens (tertiary/aromatic N) is 1. The Kier molecular flexibility index (Phi) is 7.70. The Hall–Kier alpha value is -1.81. The molecule has 1 aliphatic rings. The van der Waals surface area contributed by atoms with Gasteiger partial charge in [-0.05, 0) is 54.3 Å². The summed E-state index contributed by atoms with van der Waals surface area (Å²) >= 11 is 6.22. The highest BCUT2D eigenvalue weighted by molar-refractivity contribution is 6.31. The average molecular weight is 391 g/mol. The van der Waals surface area contributed by atoms with Crippen molar-refractivity contribution in [2.24, 2.45) is 0 Å². The lowest BCUT2D eigenvalue weighted by atomic mass is 9.95. The molecule has 1 aliphatic heterocycles. The van der Waals surface area contributed by atoms with E-state index >= 15 is 0 Å². The van der Waals surface area contributed by atoms with E-state index in [1.54, 1.807) is 11.0 Å². The van der Waals surface area contributed by atoms with E-state index < -0.39 is 0 Å². The molecule has 3 nitrogen and oxygen atoms in total. The van der Waals surface area contributed by atoms with Crippen LogP contribution in [0, 0.1) is 0 Å². The van der Waals surface area contributed by atoms with E-state index in [1.165, 1.54) is 11.1 Å². The van der Waals surface area contributed by atoms with Gasteiger partial charge in [-0.2, -0.15) is 0 Å². The highest BCUT2D eigenvalue weighted by Gasteiger charge is 2.13. The number of fused-ring (bicyclic) bond motifs is 1. The second-order valence-corrected chi connectivity index (χ2v) is 6.60. The fourth-order valence-corrected chi connectivity index (χ4v) is 3.36. The van der Waals surface area contributed by atoms with Crippen LogP contribution in [0.5, 0.6) is 0 Å². The minimum atomic E-state index is 0. The zero-order valence-corrected chi connectivity index (χ0v) is 16.4. The lowest BCUT2D eigenvalue weighted by Crippen LogP contribution is -2.28. The molecule has 0 bridgehead atoms. The zero-order valence-electron chi connectivity index (χ0n) is 14.9. The molecule has 5 heteroatoms. The van der Waals surface area contributed by atoms with Gasteiger partial charge in [-0.15, -0.1) is 12.4 Å². The number of benzene rings is 2. The van der Waals surface area contributed by atoms with Gasteiger partial charge < -0.3 is 10.2 Å². The van der Waals surface area contributed by atoms with Gasteiger partial charge in [0, 0.05) is 30.7 Å². The summed E-state index contributed by atoms with van der Waals surface area (Å²) in [5, 5.41) is 4.08. The molecule has 1 N–H and O–H groups in total. The third-order valence-electron chi connectivity index (χ3n) is 4.59. The number of amides is 1. The Balaban J connectivity index is 0.00000243. The normalized spacial score (nSPS) is 13.2. The van der Waals surface area contributed by atoms with Gasteiger partial charge in [0.05, 0.1) is 0 Å². The SMILES string of the molecule is CCN(Cc1ccccc1Cl)C(=O)/C=C/c1cccc2c1CCNC2.Cl. The van der Waals surface area contributed by atoms with Crippen molar-refractivity contribution in [1.82, 2.24) is 10.2 Å². The summed E-state index contributed by atoms with van der Waals surface area (Å²) in [6.07, 6.45) is 4.63. The summed E-state index contributed by atoms with van der Waals surface area (Å²) in [4.78, 5) is 14.4. The van der Waals surface area contributed by atoms with Gasteiger partial charge in [-0.3, -0.25) is 4.79 Å². The molecule has 1 amide bonds.